The van der Waals surface area contributed by atoms with E-state index in [0.717, 1.165) is 6.07 Å². The normalized spacial score (nSPS) is 10.4. The molecular weight excluding hydrogens is 296 g/mol. The molecule has 0 radical (unpaired) electrons. The second kappa shape index (κ2) is 7.08. The van der Waals surface area contributed by atoms with Gasteiger partial charge in [0.25, 0.3) is 0 Å². The summed E-state index contributed by atoms with van der Waals surface area (Å²) in [6, 6.07) is 9.80. The lowest BCUT2D eigenvalue weighted by atomic mass is 10.2. The molecule has 2 aromatic carbocycles. The summed E-state index contributed by atoms with van der Waals surface area (Å²) in [7, 11) is 0. The third-order valence-corrected chi connectivity index (χ3v) is 3.70. The van der Waals surface area contributed by atoms with Crippen LogP contribution in [0.5, 0.6) is 5.75 Å². The van der Waals surface area contributed by atoms with Crippen LogP contribution in [0.3, 0.4) is 0 Å². The number of nitrogens with one attached hydrogen (secondary N) is 1. The van der Waals surface area contributed by atoms with Gasteiger partial charge in [0.05, 0.1) is 5.75 Å². The Labute approximate surface area is 125 Å². The van der Waals surface area contributed by atoms with Crippen molar-refractivity contribution in [2.45, 2.75) is 11.4 Å². The highest BCUT2D eigenvalue weighted by Crippen LogP contribution is 2.27. The van der Waals surface area contributed by atoms with Crippen molar-refractivity contribution in [2.75, 3.05) is 5.75 Å². The first-order valence-corrected chi connectivity index (χ1v) is 7.15. The van der Waals surface area contributed by atoms with Crippen molar-refractivity contribution in [3.63, 3.8) is 0 Å². The minimum atomic E-state index is -0.678. The molecule has 1 amide bonds. The SMILES string of the molecule is O=C(CSc1ccccc1O)NCc1cc(F)cc(F)c1. The number of hydrogen-bond donors (Lipinski definition) is 2. The van der Waals surface area contributed by atoms with E-state index in [1.54, 1.807) is 18.2 Å². The predicted molar refractivity (Wildman–Crippen MR) is 77.0 cm³/mol. The van der Waals surface area contributed by atoms with E-state index in [2.05, 4.69) is 5.32 Å². The first kappa shape index (κ1) is 15.3. The first-order valence-electron chi connectivity index (χ1n) is 6.17. The van der Waals surface area contributed by atoms with E-state index in [1.807, 2.05) is 0 Å². The highest BCUT2D eigenvalue weighted by Gasteiger charge is 2.07. The van der Waals surface area contributed by atoms with Crippen LogP contribution in [-0.2, 0) is 11.3 Å². The molecule has 0 saturated carbocycles. The highest BCUT2D eigenvalue weighted by molar-refractivity contribution is 8.00. The molecule has 0 unspecified atom stereocenters. The molecule has 2 N–H and O–H groups in total. The van der Waals surface area contributed by atoms with Gasteiger partial charge in [0.2, 0.25) is 5.91 Å². The average molecular weight is 309 g/mol. The van der Waals surface area contributed by atoms with E-state index in [9.17, 15) is 18.7 Å². The zero-order valence-electron chi connectivity index (χ0n) is 11.0. The van der Waals surface area contributed by atoms with Crippen LogP contribution in [-0.4, -0.2) is 16.8 Å². The van der Waals surface area contributed by atoms with Gasteiger partial charge in [-0.3, -0.25) is 4.79 Å². The summed E-state index contributed by atoms with van der Waals surface area (Å²) in [5.41, 5.74) is 0.355. The van der Waals surface area contributed by atoms with E-state index in [-0.39, 0.29) is 24.0 Å². The molecule has 110 valence electrons. The van der Waals surface area contributed by atoms with Crippen molar-refractivity contribution in [3.8, 4) is 5.75 Å². The number of phenolic OH excluding ortho intramolecular Hbond substituents is 1. The van der Waals surface area contributed by atoms with Gasteiger partial charge in [-0.25, -0.2) is 8.78 Å². The zero-order valence-corrected chi connectivity index (χ0v) is 11.8. The van der Waals surface area contributed by atoms with Crippen molar-refractivity contribution in [1.82, 2.24) is 5.32 Å². The van der Waals surface area contributed by atoms with Gasteiger partial charge < -0.3 is 10.4 Å². The van der Waals surface area contributed by atoms with Crippen LogP contribution < -0.4 is 5.32 Å². The quantitative estimate of drug-likeness (QED) is 0.835. The monoisotopic (exact) mass is 309 g/mol. The summed E-state index contributed by atoms with van der Waals surface area (Å²) in [4.78, 5) is 12.3. The lowest BCUT2D eigenvalue weighted by Gasteiger charge is -2.06. The fourth-order valence-electron chi connectivity index (χ4n) is 1.69. The highest BCUT2D eigenvalue weighted by atomic mass is 32.2. The first-order chi connectivity index (χ1) is 10.0. The van der Waals surface area contributed by atoms with Gasteiger partial charge in [-0.05, 0) is 29.8 Å². The molecule has 0 saturated heterocycles. The van der Waals surface area contributed by atoms with Crippen LogP contribution in [0.15, 0.2) is 47.4 Å². The van der Waals surface area contributed by atoms with Gasteiger partial charge in [-0.15, -0.1) is 11.8 Å². The van der Waals surface area contributed by atoms with E-state index in [0.29, 0.717) is 10.5 Å². The van der Waals surface area contributed by atoms with Crippen molar-refractivity contribution >= 4 is 17.7 Å². The number of thioether (sulfide) groups is 1. The third kappa shape index (κ3) is 4.75. The molecule has 0 aliphatic carbocycles. The second-order valence-electron chi connectivity index (χ2n) is 4.31. The molecule has 0 aliphatic heterocycles. The Morgan fingerprint density at radius 1 is 1.14 bits per heavy atom. The zero-order chi connectivity index (χ0) is 15.2. The average Bonchev–Trinajstić information content (AvgIpc) is 2.43. The Bertz CT molecular complexity index is 629. The smallest absolute Gasteiger partial charge is 0.230 e. The third-order valence-electron chi connectivity index (χ3n) is 2.64. The molecule has 21 heavy (non-hydrogen) atoms. The number of benzene rings is 2. The van der Waals surface area contributed by atoms with Crippen molar-refractivity contribution in [3.05, 3.63) is 59.7 Å². The summed E-state index contributed by atoms with van der Waals surface area (Å²) < 4.78 is 26.0. The molecule has 6 heteroatoms. The largest absolute Gasteiger partial charge is 0.507 e. The number of para-hydroxylation sites is 1. The summed E-state index contributed by atoms with van der Waals surface area (Å²) in [5, 5.41) is 12.1. The Hall–Kier alpha value is -2.08. The number of amides is 1. The molecule has 0 aliphatic rings. The standard InChI is InChI=1S/C15H13F2NO2S/c16-11-5-10(6-12(17)7-11)8-18-15(20)9-21-14-4-2-1-3-13(14)19/h1-7,19H,8-9H2,(H,18,20). The molecule has 0 aromatic heterocycles. The molecule has 0 atom stereocenters. The van der Waals surface area contributed by atoms with Crippen LogP contribution in [0.25, 0.3) is 0 Å². The molecule has 0 heterocycles. The molecule has 2 aromatic rings. The number of halogens is 2. The maximum Gasteiger partial charge on any atom is 0.230 e. The Kier molecular flexibility index (Phi) is 5.16. The molecule has 0 bridgehead atoms. The number of aromatic hydroxyl groups is 1. The maximum atomic E-state index is 13.0. The van der Waals surface area contributed by atoms with Crippen molar-refractivity contribution in [1.29, 1.82) is 0 Å². The predicted octanol–water partition coefficient (Wildman–Crippen LogP) is 3.08. The van der Waals surface area contributed by atoms with Crippen LogP contribution in [0.1, 0.15) is 5.56 Å². The van der Waals surface area contributed by atoms with E-state index < -0.39 is 11.6 Å². The number of carbonyl (C=O) groups is 1. The fraction of sp³-hybridized carbons (Fsp3) is 0.133. The number of carbonyl (C=O) groups excluding carboxylic acids is 1. The molecule has 3 nitrogen and oxygen atoms in total. The number of rotatable bonds is 5. The van der Waals surface area contributed by atoms with E-state index >= 15 is 0 Å². The number of phenols is 1. The van der Waals surface area contributed by atoms with E-state index in [4.69, 9.17) is 0 Å². The fourth-order valence-corrected chi connectivity index (χ4v) is 2.47. The number of hydrogen-bond acceptors (Lipinski definition) is 3. The Morgan fingerprint density at radius 2 is 1.81 bits per heavy atom. The van der Waals surface area contributed by atoms with Gasteiger partial charge in [0.1, 0.15) is 17.4 Å². The summed E-state index contributed by atoms with van der Waals surface area (Å²) in [6.07, 6.45) is 0. The van der Waals surface area contributed by atoms with Crippen LogP contribution in [0.2, 0.25) is 0 Å². The summed E-state index contributed by atoms with van der Waals surface area (Å²) in [6.45, 7) is 0.0504. The second-order valence-corrected chi connectivity index (χ2v) is 5.33. The molecular formula is C15H13F2NO2S. The van der Waals surface area contributed by atoms with Crippen LogP contribution in [0, 0.1) is 11.6 Å². The lowest BCUT2D eigenvalue weighted by Crippen LogP contribution is -2.24. The van der Waals surface area contributed by atoms with Gasteiger partial charge in [-0.2, -0.15) is 0 Å². The Balaban J connectivity index is 1.84. The van der Waals surface area contributed by atoms with Gasteiger partial charge in [0.15, 0.2) is 0 Å². The van der Waals surface area contributed by atoms with Gasteiger partial charge in [-0.1, -0.05) is 12.1 Å². The minimum Gasteiger partial charge on any atom is -0.507 e. The lowest BCUT2D eigenvalue weighted by molar-refractivity contribution is -0.118. The van der Waals surface area contributed by atoms with Gasteiger partial charge >= 0.3 is 0 Å². The molecule has 2 rings (SSSR count). The van der Waals surface area contributed by atoms with Crippen molar-refractivity contribution in [2.24, 2.45) is 0 Å². The summed E-state index contributed by atoms with van der Waals surface area (Å²) in [5.74, 6) is -1.42. The summed E-state index contributed by atoms with van der Waals surface area (Å²) >= 11 is 1.19. The van der Waals surface area contributed by atoms with E-state index in [1.165, 1.54) is 30.0 Å². The minimum absolute atomic E-state index is 0.0504. The van der Waals surface area contributed by atoms with Crippen molar-refractivity contribution < 1.29 is 18.7 Å². The van der Waals surface area contributed by atoms with Crippen LogP contribution in [0.4, 0.5) is 8.78 Å². The van der Waals surface area contributed by atoms with Crippen LogP contribution >= 0.6 is 11.8 Å². The molecule has 0 fully saturated rings. The maximum absolute atomic E-state index is 13.0. The van der Waals surface area contributed by atoms with Gasteiger partial charge in [0, 0.05) is 17.5 Å². The molecule has 0 spiro atoms. The Morgan fingerprint density at radius 3 is 2.48 bits per heavy atom. The topological polar surface area (TPSA) is 49.3 Å².